The molecule has 48 heavy (non-hydrogen) atoms. The van der Waals surface area contributed by atoms with Gasteiger partial charge in [0.2, 0.25) is 5.91 Å². The standard InChI is InChI=1S/C40H38N6O2/c1-24(25-7-3-2-4-8-25)40(47)46-18-6-10-36(46)39-43-22-35(45-39)28-12-14-30-29(20-28)23-48-37-31-15-13-27(19-26(31)11-16-32(30)37)34-21-42-38(44-34)33-9-5-17-41-33/h2-4,7-8,11-16,19-22,24,33,36,41H,5-6,9-10,17-18,23H2,1H3,(H,42,44)(H,43,45)/t24-,33+,36+/m1/s1. The maximum absolute atomic E-state index is 13.5. The number of nitrogens with one attached hydrogen (secondary N) is 3. The van der Waals surface area contributed by atoms with Gasteiger partial charge in [-0.2, -0.15) is 0 Å². The second-order valence-electron chi connectivity index (χ2n) is 13.4. The molecule has 3 N–H and O–H groups in total. The number of likely N-dealkylation sites (tertiary alicyclic amines) is 1. The number of hydrogen-bond acceptors (Lipinski definition) is 5. The quantitative estimate of drug-likeness (QED) is 0.172. The van der Waals surface area contributed by atoms with Crippen LogP contribution in [0.5, 0.6) is 5.75 Å². The molecular weight excluding hydrogens is 596 g/mol. The van der Waals surface area contributed by atoms with E-state index in [9.17, 15) is 4.79 Å². The zero-order chi connectivity index (χ0) is 32.2. The second-order valence-corrected chi connectivity index (χ2v) is 13.4. The van der Waals surface area contributed by atoms with Crippen molar-refractivity contribution < 1.29 is 9.53 Å². The zero-order valence-corrected chi connectivity index (χ0v) is 27.0. The van der Waals surface area contributed by atoms with Gasteiger partial charge in [0.05, 0.1) is 41.8 Å². The van der Waals surface area contributed by atoms with Crippen molar-refractivity contribution in [2.45, 2.75) is 57.2 Å². The molecular formula is C40H38N6O2. The summed E-state index contributed by atoms with van der Waals surface area (Å²) in [6, 6.07) is 27.8. The van der Waals surface area contributed by atoms with E-state index in [4.69, 9.17) is 9.72 Å². The molecule has 1 amide bonds. The van der Waals surface area contributed by atoms with Gasteiger partial charge < -0.3 is 24.9 Å². The minimum Gasteiger partial charge on any atom is -0.488 e. The van der Waals surface area contributed by atoms with E-state index >= 15 is 0 Å². The summed E-state index contributed by atoms with van der Waals surface area (Å²) in [5.74, 6) is 2.76. The van der Waals surface area contributed by atoms with Crippen LogP contribution in [0, 0.1) is 0 Å². The average molecular weight is 635 g/mol. The van der Waals surface area contributed by atoms with Gasteiger partial charge in [-0.3, -0.25) is 4.79 Å². The Kier molecular flexibility index (Phi) is 7.12. The molecule has 3 aliphatic heterocycles. The van der Waals surface area contributed by atoms with E-state index in [1.54, 1.807) is 0 Å². The van der Waals surface area contributed by atoms with Crippen LogP contribution in [0.1, 0.15) is 73.4 Å². The van der Waals surface area contributed by atoms with Crippen LogP contribution in [0.25, 0.3) is 44.4 Å². The number of ether oxygens (including phenoxy) is 1. The van der Waals surface area contributed by atoms with Gasteiger partial charge in [0, 0.05) is 23.1 Å². The van der Waals surface area contributed by atoms with Crippen LogP contribution < -0.4 is 10.1 Å². The topological polar surface area (TPSA) is 98.9 Å². The summed E-state index contributed by atoms with van der Waals surface area (Å²) in [6.45, 7) is 4.30. The van der Waals surface area contributed by atoms with Gasteiger partial charge in [0.15, 0.2) is 0 Å². The summed E-state index contributed by atoms with van der Waals surface area (Å²) < 4.78 is 6.46. The van der Waals surface area contributed by atoms with E-state index in [-0.39, 0.29) is 17.9 Å². The Morgan fingerprint density at radius 2 is 1.62 bits per heavy atom. The highest BCUT2D eigenvalue weighted by atomic mass is 16.5. The van der Waals surface area contributed by atoms with Crippen LogP contribution in [0.2, 0.25) is 0 Å². The zero-order valence-electron chi connectivity index (χ0n) is 27.0. The normalized spacial score (nSPS) is 19.2. The predicted octanol–water partition coefficient (Wildman–Crippen LogP) is 8.07. The second kappa shape index (κ2) is 11.8. The molecule has 0 radical (unpaired) electrons. The van der Waals surface area contributed by atoms with Crippen LogP contribution in [-0.2, 0) is 11.4 Å². The molecule has 0 bridgehead atoms. The van der Waals surface area contributed by atoms with Crippen molar-refractivity contribution in [3.8, 4) is 39.4 Å². The number of carbonyl (C=O) groups excluding carboxylic acids is 1. The lowest BCUT2D eigenvalue weighted by molar-refractivity contribution is -0.133. The predicted molar refractivity (Wildman–Crippen MR) is 187 cm³/mol. The fourth-order valence-corrected chi connectivity index (χ4v) is 7.81. The minimum absolute atomic E-state index is 0.0429. The molecule has 240 valence electrons. The molecule has 2 saturated heterocycles. The smallest absolute Gasteiger partial charge is 0.230 e. The number of H-pyrrole nitrogens is 2. The SMILES string of the molecule is C[C@@H](C(=O)N1CCC[C@H]1c1ncc(-c2ccc3c(c2)COc2c-3ccc3cc(-c4cnc([C@@H]5CCCN5)[nH]4)ccc23)[nH]1)c1ccccc1. The number of fused-ring (bicyclic) bond motifs is 5. The summed E-state index contributed by atoms with van der Waals surface area (Å²) in [5.41, 5.74) is 8.65. The Bertz CT molecular complexity index is 2140. The lowest BCUT2D eigenvalue weighted by atomic mass is 9.92. The molecule has 9 rings (SSSR count). The van der Waals surface area contributed by atoms with Crippen molar-refractivity contribution in [3.05, 3.63) is 114 Å². The Balaban J connectivity index is 0.956. The van der Waals surface area contributed by atoms with Crippen LogP contribution in [0.15, 0.2) is 91.3 Å². The summed E-state index contributed by atoms with van der Waals surface area (Å²) in [4.78, 5) is 32.1. The van der Waals surface area contributed by atoms with E-state index in [0.29, 0.717) is 12.6 Å². The van der Waals surface area contributed by atoms with Gasteiger partial charge in [0.1, 0.15) is 24.0 Å². The minimum atomic E-state index is -0.188. The summed E-state index contributed by atoms with van der Waals surface area (Å²) >= 11 is 0. The highest BCUT2D eigenvalue weighted by Crippen LogP contribution is 2.44. The molecule has 8 heteroatoms. The van der Waals surface area contributed by atoms with Crippen molar-refractivity contribution in [1.82, 2.24) is 30.2 Å². The number of aromatic amines is 2. The molecule has 0 saturated carbocycles. The van der Waals surface area contributed by atoms with Crippen molar-refractivity contribution in [3.63, 3.8) is 0 Å². The lowest BCUT2D eigenvalue weighted by Crippen LogP contribution is -2.34. The van der Waals surface area contributed by atoms with E-state index in [1.807, 2.05) is 54.5 Å². The molecule has 4 aromatic carbocycles. The fraction of sp³-hybridized carbons (Fsp3) is 0.275. The first kappa shape index (κ1) is 29.0. The monoisotopic (exact) mass is 634 g/mol. The van der Waals surface area contributed by atoms with Gasteiger partial charge in [0.25, 0.3) is 0 Å². The molecule has 8 nitrogen and oxygen atoms in total. The molecule has 6 aromatic rings. The molecule has 3 aliphatic rings. The molecule has 2 fully saturated rings. The highest BCUT2D eigenvalue weighted by molar-refractivity contribution is 5.98. The van der Waals surface area contributed by atoms with E-state index in [2.05, 4.69) is 68.8 Å². The number of amides is 1. The first-order valence-corrected chi connectivity index (χ1v) is 17.1. The third kappa shape index (κ3) is 4.99. The summed E-state index contributed by atoms with van der Waals surface area (Å²) in [6.07, 6.45) is 8.03. The Morgan fingerprint density at radius 3 is 2.46 bits per heavy atom. The number of carbonyl (C=O) groups is 1. The van der Waals surface area contributed by atoms with Gasteiger partial charge in [-0.15, -0.1) is 0 Å². The van der Waals surface area contributed by atoms with Crippen LogP contribution >= 0.6 is 0 Å². The number of nitrogens with zero attached hydrogens (tertiary/aromatic N) is 3. The maximum Gasteiger partial charge on any atom is 0.230 e. The Labute approximate surface area is 279 Å². The number of rotatable bonds is 6. The Morgan fingerprint density at radius 1 is 0.854 bits per heavy atom. The highest BCUT2D eigenvalue weighted by Gasteiger charge is 2.34. The van der Waals surface area contributed by atoms with Crippen LogP contribution in [0.3, 0.4) is 0 Å². The van der Waals surface area contributed by atoms with E-state index in [0.717, 1.165) is 99.7 Å². The van der Waals surface area contributed by atoms with Crippen molar-refractivity contribution in [2.24, 2.45) is 0 Å². The molecule has 0 spiro atoms. The lowest BCUT2D eigenvalue weighted by Gasteiger charge is -2.26. The number of aromatic nitrogens is 4. The van der Waals surface area contributed by atoms with Gasteiger partial charge in [-0.05, 0) is 85.0 Å². The molecule has 5 heterocycles. The third-order valence-electron chi connectivity index (χ3n) is 10.5. The van der Waals surface area contributed by atoms with E-state index < -0.39 is 0 Å². The van der Waals surface area contributed by atoms with Gasteiger partial charge in [-0.25, -0.2) is 9.97 Å². The van der Waals surface area contributed by atoms with Crippen molar-refractivity contribution >= 4 is 16.7 Å². The fourth-order valence-electron chi connectivity index (χ4n) is 7.81. The van der Waals surface area contributed by atoms with Crippen LogP contribution in [-0.4, -0.2) is 43.8 Å². The van der Waals surface area contributed by atoms with Gasteiger partial charge in [-0.1, -0.05) is 60.7 Å². The average Bonchev–Trinajstić information content (AvgIpc) is 3.97. The van der Waals surface area contributed by atoms with Crippen molar-refractivity contribution in [1.29, 1.82) is 0 Å². The largest absolute Gasteiger partial charge is 0.488 e. The molecule has 2 aromatic heterocycles. The summed E-state index contributed by atoms with van der Waals surface area (Å²) in [7, 11) is 0. The Hall–Kier alpha value is -5.21. The third-order valence-corrected chi connectivity index (χ3v) is 10.5. The number of imidazole rings is 2. The number of benzene rings is 4. The van der Waals surface area contributed by atoms with Gasteiger partial charge >= 0.3 is 0 Å². The molecule has 3 atom stereocenters. The van der Waals surface area contributed by atoms with Crippen LogP contribution in [0.4, 0.5) is 0 Å². The molecule has 0 aliphatic carbocycles. The maximum atomic E-state index is 13.5. The van der Waals surface area contributed by atoms with E-state index in [1.165, 1.54) is 12.0 Å². The first-order valence-electron chi connectivity index (χ1n) is 17.1. The van der Waals surface area contributed by atoms with Crippen molar-refractivity contribution in [2.75, 3.05) is 13.1 Å². The summed E-state index contributed by atoms with van der Waals surface area (Å²) in [5, 5.41) is 5.77. The first-order chi connectivity index (χ1) is 23.6. The molecule has 0 unspecified atom stereocenters. The number of hydrogen-bond donors (Lipinski definition) is 3.